The maximum absolute atomic E-state index is 13.0. The van der Waals surface area contributed by atoms with Crippen molar-refractivity contribution in [2.45, 2.75) is 33.9 Å². The lowest BCUT2D eigenvalue weighted by Gasteiger charge is -2.10. The summed E-state index contributed by atoms with van der Waals surface area (Å²) in [6.07, 6.45) is 1.52. The van der Waals surface area contributed by atoms with Crippen molar-refractivity contribution in [1.82, 2.24) is 28.5 Å². The highest BCUT2D eigenvalue weighted by molar-refractivity contribution is 5.73. The molecule has 0 fully saturated rings. The molecule has 0 radical (unpaired) electrons. The minimum Gasteiger partial charge on any atom is -0.298 e. The van der Waals surface area contributed by atoms with Gasteiger partial charge in [-0.05, 0) is 26.8 Å². The lowest BCUT2D eigenvalue weighted by atomic mass is 10.3. The summed E-state index contributed by atoms with van der Waals surface area (Å²) in [5.41, 5.74) is 2.43. The number of hydrogen-bond acceptors (Lipinski definition) is 4. The number of allylic oxidation sites excluding steroid dienone is 2. The van der Waals surface area contributed by atoms with Crippen molar-refractivity contribution in [1.29, 1.82) is 0 Å². The third-order valence-electron chi connectivity index (χ3n) is 4.15. The number of hydrogen-bond donors (Lipinski definition) is 0. The van der Waals surface area contributed by atoms with E-state index in [2.05, 4.69) is 23.2 Å². The smallest absolute Gasteiger partial charge is 0.298 e. The molecule has 0 saturated heterocycles. The molecule has 0 aliphatic carbocycles. The van der Waals surface area contributed by atoms with E-state index in [0.717, 1.165) is 21.5 Å². The Morgan fingerprint density at radius 1 is 1.27 bits per heavy atom. The molecule has 8 heteroatoms. The fourth-order valence-corrected chi connectivity index (χ4v) is 3.06. The Kier molecular flexibility index (Phi) is 4.27. The van der Waals surface area contributed by atoms with Gasteiger partial charge in [0.05, 0.1) is 5.69 Å². The van der Waals surface area contributed by atoms with Crippen LogP contribution in [0.5, 0.6) is 0 Å². The first-order valence-electron chi connectivity index (χ1n) is 8.25. The van der Waals surface area contributed by atoms with Gasteiger partial charge in [0.2, 0.25) is 5.95 Å². The molecule has 26 heavy (non-hydrogen) atoms. The van der Waals surface area contributed by atoms with Gasteiger partial charge in [-0.25, -0.2) is 9.48 Å². The summed E-state index contributed by atoms with van der Waals surface area (Å²) in [5, 5.41) is 4.48. The van der Waals surface area contributed by atoms with Crippen molar-refractivity contribution in [2.75, 3.05) is 0 Å². The molecule has 3 heterocycles. The highest BCUT2D eigenvalue weighted by Crippen LogP contribution is 2.18. The zero-order valence-electron chi connectivity index (χ0n) is 15.5. The van der Waals surface area contributed by atoms with Crippen LogP contribution in [0.25, 0.3) is 17.1 Å². The summed E-state index contributed by atoms with van der Waals surface area (Å²) in [6, 6.07) is 1.93. The predicted molar refractivity (Wildman–Crippen MR) is 101 cm³/mol. The van der Waals surface area contributed by atoms with Gasteiger partial charge in [0.15, 0.2) is 11.2 Å². The molecule has 0 spiro atoms. The van der Waals surface area contributed by atoms with Crippen molar-refractivity contribution < 1.29 is 0 Å². The van der Waals surface area contributed by atoms with Gasteiger partial charge >= 0.3 is 5.69 Å². The molecule has 0 atom stereocenters. The molecule has 0 N–H and O–H groups in total. The summed E-state index contributed by atoms with van der Waals surface area (Å²) < 4.78 is 5.97. The minimum absolute atomic E-state index is 0.134. The standard InChI is InChI=1S/C18H22N6O2/c1-7-8-22-16(25)14-15(21(6)18(22)26)19-17(23(14)10-11(2)3)24-13(5)9-12(4)20-24/h7,9H,1-2,8,10H2,3-6H3. The molecular weight excluding hydrogens is 332 g/mol. The van der Waals surface area contributed by atoms with E-state index in [4.69, 9.17) is 0 Å². The van der Waals surface area contributed by atoms with Crippen LogP contribution < -0.4 is 11.2 Å². The molecule has 0 bridgehead atoms. The Morgan fingerprint density at radius 3 is 2.50 bits per heavy atom. The number of rotatable bonds is 5. The highest BCUT2D eigenvalue weighted by Gasteiger charge is 2.22. The molecule has 0 aromatic carbocycles. The highest BCUT2D eigenvalue weighted by atomic mass is 16.2. The Balaban J connectivity index is 2.49. The van der Waals surface area contributed by atoms with Crippen LogP contribution in [0, 0.1) is 13.8 Å². The fourth-order valence-electron chi connectivity index (χ4n) is 3.06. The molecule has 3 aromatic heterocycles. The second-order valence-electron chi connectivity index (χ2n) is 6.51. The topological polar surface area (TPSA) is 79.6 Å². The van der Waals surface area contributed by atoms with Gasteiger partial charge in [-0.1, -0.05) is 18.2 Å². The number of nitrogens with zero attached hydrogens (tertiary/aromatic N) is 6. The Bertz CT molecular complexity index is 1160. The monoisotopic (exact) mass is 354 g/mol. The van der Waals surface area contributed by atoms with Gasteiger partial charge in [0.1, 0.15) is 0 Å². The Morgan fingerprint density at radius 2 is 1.96 bits per heavy atom. The van der Waals surface area contributed by atoms with Gasteiger partial charge < -0.3 is 0 Å². The summed E-state index contributed by atoms with van der Waals surface area (Å²) in [6.45, 7) is 13.8. The Labute approximate surface area is 150 Å². The van der Waals surface area contributed by atoms with Crippen molar-refractivity contribution in [3.05, 3.63) is 63.1 Å². The van der Waals surface area contributed by atoms with E-state index in [-0.39, 0.29) is 6.54 Å². The van der Waals surface area contributed by atoms with Crippen LogP contribution in [-0.2, 0) is 20.1 Å². The van der Waals surface area contributed by atoms with Crippen molar-refractivity contribution in [2.24, 2.45) is 7.05 Å². The maximum atomic E-state index is 13.0. The molecule has 0 amide bonds. The predicted octanol–water partition coefficient (Wildman–Crippen LogP) is 1.46. The first-order valence-corrected chi connectivity index (χ1v) is 8.25. The lowest BCUT2D eigenvalue weighted by molar-refractivity contribution is 0.660. The van der Waals surface area contributed by atoms with E-state index in [9.17, 15) is 9.59 Å². The third-order valence-corrected chi connectivity index (χ3v) is 4.15. The van der Waals surface area contributed by atoms with E-state index in [1.54, 1.807) is 16.3 Å². The van der Waals surface area contributed by atoms with Crippen molar-refractivity contribution in [3.63, 3.8) is 0 Å². The molecule has 0 unspecified atom stereocenters. The minimum atomic E-state index is -0.428. The SMILES string of the molecule is C=CCn1c(=O)c2c(nc(-n3nc(C)cc3C)n2CC(=C)C)n(C)c1=O. The first-order chi connectivity index (χ1) is 12.3. The van der Waals surface area contributed by atoms with E-state index in [0.29, 0.717) is 23.7 Å². The number of aryl methyl sites for hydroxylation is 3. The second kappa shape index (κ2) is 6.29. The van der Waals surface area contributed by atoms with Gasteiger partial charge in [-0.3, -0.25) is 18.5 Å². The molecular formula is C18H22N6O2. The molecule has 0 saturated carbocycles. The van der Waals surface area contributed by atoms with Crippen molar-refractivity contribution in [3.8, 4) is 5.95 Å². The average Bonchev–Trinajstić information content (AvgIpc) is 3.09. The van der Waals surface area contributed by atoms with E-state index >= 15 is 0 Å². The molecule has 3 rings (SSSR count). The Hall–Kier alpha value is -3.16. The quantitative estimate of drug-likeness (QED) is 0.650. The van der Waals surface area contributed by atoms with Crippen LogP contribution in [-0.4, -0.2) is 28.5 Å². The molecule has 136 valence electrons. The van der Waals surface area contributed by atoms with Crippen LogP contribution >= 0.6 is 0 Å². The number of aromatic nitrogens is 6. The lowest BCUT2D eigenvalue weighted by Crippen LogP contribution is -2.39. The summed E-state index contributed by atoms with van der Waals surface area (Å²) in [5.74, 6) is 0.483. The van der Waals surface area contributed by atoms with E-state index < -0.39 is 11.2 Å². The van der Waals surface area contributed by atoms with E-state index in [1.165, 1.54) is 10.6 Å². The normalized spacial score (nSPS) is 11.2. The van der Waals surface area contributed by atoms with Gasteiger partial charge in [-0.15, -0.1) is 6.58 Å². The largest absolute Gasteiger partial charge is 0.332 e. The average molecular weight is 354 g/mol. The molecule has 3 aromatic rings. The molecule has 0 aliphatic rings. The number of fused-ring (bicyclic) bond motifs is 1. The van der Waals surface area contributed by atoms with E-state index in [1.807, 2.05) is 26.8 Å². The van der Waals surface area contributed by atoms with Crippen LogP contribution in [0.4, 0.5) is 0 Å². The zero-order chi connectivity index (χ0) is 19.2. The first kappa shape index (κ1) is 17.7. The van der Waals surface area contributed by atoms with Crippen LogP contribution in [0.3, 0.4) is 0 Å². The summed E-state index contributed by atoms with van der Waals surface area (Å²) >= 11 is 0. The fraction of sp³-hybridized carbons (Fsp3) is 0.333. The summed E-state index contributed by atoms with van der Waals surface area (Å²) in [4.78, 5) is 30.1. The molecule has 0 aliphatic heterocycles. The van der Waals surface area contributed by atoms with Crippen molar-refractivity contribution >= 4 is 11.2 Å². The van der Waals surface area contributed by atoms with Gasteiger partial charge in [0, 0.05) is 25.8 Å². The van der Waals surface area contributed by atoms with Crippen LogP contribution in [0.2, 0.25) is 0 Å². The van der Waals surface area contributed by atoms with Gasteiger partial charge in [-0.2, -0.15) is 10.1 Å². The third kappa shape index (κ3) is 2.63. The maximum Gasteiger partial charge on any atom is 0.332 e. The second-order valence-corrected chi connectivity index (χ2v) is 6.51. The summed E-state index contributed by atoms with van der Waals surface area (Å²) in [7, 11) is 1.60. The zero-order valence-corrected chi connectivity index (χ0v) is 15.5. The van der Waals surface area contributed by atoms with Crippen LogP contribution in [0.1, 0.15) is 18.3 Å². The molecule has 8 nitrogen and oxygen atoms in total. The van der Waals surface area contributed by atoms with Gasteiger partial charge in [0.25, 0.3) is 5.56 Å². The van der Waals surface area contributed by atoms with Crippen LogP contribution in [0.15, 0.2) is 40.5 Å². The number of imidazole rings is 1.